The van der Waals surface area contributed by atoms with Crippen LogP contribution in [0.5, 0.6) is 0 Å². The average Bonchev–Trinajstić information content (AvgIpc) is 1.57. The van der Waals surface area contributed by atoms with E-state index in [1.54, 1.807) is 0 Å². The highest BCUT2D eigenvalue weighted by atomic mass is 32.1. The van der Waals surface area contributed by atoms with Crippen molar-refractivity contribution in [3.8, 4) is 0 Å². The van der Waals surface area contributed by atoms with E-state index >= 15 is 0 Å². The molecular formula is C6H16N2S2. The largest absolute Gasteiger partial charge is 0.317 e. The molecule has 0 aromatic carbocycles. The van der Waals surface area contributed by atoms with Gasteiger partial charge in [-0.1, -0.05) is 0 Å². The second-order valence-corrected chi connectivity index (χ2v) is 5.26. The Morgan fingerprint density at radius 1 is 1.00 bits per heavy atom. The van der Waals surface area contributed by atoms with Gasteiger partial charge < -0.3 is 11.5 Å². The predicted octanol–water partition coefficient (Wildman–Crippen LogP) is 0.976. The minimum atomic E-state index is -0.427. The van der Waals surface area contributed by atoms with Crippen LogP contribution < -0.4 is 11.5 Å². The Kier molecular flexibility index (Phi) is 3.55. The predicted molar refractivity (Wildman–Crippen MR) is 52.4 cm³/mol. The molecule has 62 valence electrons. The van der Waals surface area contributed by atoms with Gasteiger partial charge in [-0.2, -0.15) is 25.3 Å². The SMILES string of the molecule is CC(N)(S)CCC(C)(N)S. The summed E-state index contributed by atoms with van der Waals surface area (Å²) in [5, 5.41) is 0. The number of nitrogens with two attached hydrogens (primary N) is 2. The van der Waals surface area contributed by atoms with Crippen molar-refractivity contribution in [1.29, 1.82) is 0 Å². The van der Waals surface area contributed by atoms with Gasteiger partial charge in [-0.05, 0) is 26.7 Å². The van der Waals surface area contributed by atoms with Crippen LogP contribution in [0.25, 0.3) is 0 Å². The lowest BCUT2D eigenvalue weighted by Crippen LogP contribution is -2.35. The quantitative estimate of drug-likeness (QED) is 0.386. The number of hydrogen-bond acceptors (Lipinski definition) is 4. The molecule has 2 nitrogen and oxygen atoms in total. The molecule has 2 unspecified atom stereocenters. The van der Waals surface area contributed by atoms with Crippen molar-refractivity contribution in [2.45, 2.75) is 36.4 Å². The van der Waals surface area contributed by atoms with Gasteiger partial charge in [0.05, 0.1) is 9.74 Å². The fourth-order valence-electron chi connectivity index (χ4n) is 0.506. The van der Waals surface area contributed by atoms with Gasteiger partial charge in [0.2, 0.25) is 0 Å². The van der Waals surface area contributed by atoms with Gasteiger partial charge in [0, 0.05) is 0 Å². The fourth-order valence-corrected chi connectivity index (χ4v) is 0.730. The first-order chi connectivity index (χ1) is 4.21. The molecular weight excluding hydrogens is 164 g/mol. The summed E-state index contributed by atoms with van der Waals surface area (Å²) in [7, 11) is 0. The van der Waals surface area contributed by atoms with Gasteiger partial charge >= 0.3 is 0 Å². The molecule has 0 spiro atoms. The molecule has 0 fully saturated rings. The van der Waals surface area contributed by atoms with Gasteiger partial charge in [-0.15, -0.1) is 0 Å². The summed E-state index contributed by atoms with van der Waals surface area (Å²) in [6.45, 7) is 3.71. The highest BCUT2D eigenvalue weighted by Gasteiger charge is 2.18. The summed E-state index contributed by atoms with van der Waals surface area (Å²) in [4.78, 5) is -0.854. The van der Waals surface area contributed by atoms with E-state index < -0.39 is 9.74 Å². The molecule has 0 amide bonds. The van der Waals surface area contributed by atoms with Crippen LogP contribution in [0.3, 0.4) is 0 Å². The molecule has 0 aromatic heterocycles. The van der Waals surface area contributed by atoms with Crippen molar-refractivity contribution in [2.24, 2.45) is 11.5 Å². The van der Waals surface area contributed by atoms with Gasteiger partial charge in [0.1, 0.15) is 0 Å². The molecule has 0 bridgehead atoms. The minimum absolute atomic E-state index is 0.427. The fraction of sp³-hybridized carbons (Fsp3) is 1.00. The van der Waals surface area contributed by atoms with E-state index in [-0.39, 0.29) is 0 Å². The van der Waals surface area contributed by atoms with E-state index in [0.717, 1.165) is 12.8 Å². The molecule has 0 aliphatic rings. The van der Waals surface area contributed by atoms with Gasteiger partial charge in [-0.3, -0.25) is 0 Å². The van der Waals surface area contributed by atoms with Crippen LogP contribution >= 0.6 is 25.3 Å². The first-order valence-electron chi connectivity index (χ1n) is 3.23. The minimum Gasteiger partial charge on any atom is -0.317 e. The van der Waals surface area contributed by atoms with E-state index in [4.69, 9.17) is 11.5 Å². The van der Waals surface area contributed by atoms with Crippen LogP contribution in [0, 0.1) is 0 Å². The third-order valence-electron chi connectivity index (χ3n) is 1.14. The standard InChI is InChI=1S/C6H16N2S2/c1-5(7,9)3-4-6(2,8)10/h9-10H,3-4,7-8H2,1-2H3. The molecule has 0 aliphatic carbocycles. The van der Waals surface area contributed by atoms with E-state index in [1.165, 1.54) is 0 Å². The van der Waals surface area contributed by atoms with Crippen LogP contribution in [-0.4, -0.2) is 9.74 Å². The lowest BCUT2D eigenvalue weighted by atomic mass is 10.1. The van der Waals surface area contributed by atoms with Gasteiger partial charge in [0.25, 0.3) is 0 Å². The Morgan fingerprint density at radius 3 is 1.30 bits per heavy atom. The maximum atomic E-state index is 5.62. The Balaban J connectivity index is 3.56. The normalized spacial score (nSPS) is 23.4. The second kappa shape index (κ2) is 3.34. The van der Waals surface area contributed by atoms with E-state index in [9.17, 15) is 0 Å². The third kappa shape index (κ3) is 8.62. The van der Waals surface area contributed by atoms with Crippen LogP contribution in [0.1, 0.15) is 26.7 Å². The third-order valence-corrected chi connectivity index (χ3v) is 1.58. The summed E-state index contributed by atoms with van der Waals surface area (Å²) >= 11 is 8.31. The maximum Gasteiger partial charge on any atom is 0.0563 e. The number of hydrogen-bond donors (Lipinski definition) is 4. The zero-order valence-corrected chi connectivity index (χ0v) is 8.25. The molecule has 0 rings (SSSR count). The molecule has 0 saturated heterocycles. The highest BCUT2D eigenvalue weighted by molar-refractivity contribution is 7.82. The second-order valence-electron chi connectivity index (χ2n) is 3.21. The Morgan fingerprint density at radius 2 is 1.20 bits per heavy atom. The number of rotatable bonds is 3. The maximum absolute atomic E-state index is 5.62. The highest BCUT2D eigenvalue weighted by Crippen LogP contribution is 2.20. The smallest absolute Gasteiger partial charge is 0.0563 e. The van der Waals surface area contributed by atoms with Crippen LogP contribution in [0.2, 0.25) is 0 Å². The molecule has 0 radical (unpaired) electrons. The van der Waals surface area contributed by atoms with Gasteiger partial charge in [0.15, 0.2) is 0 Å². The Labute approximate surface area is 73.6 Å². The van der Waals surface area contributed by atoms with Crippen molar-refractivity contribution >= 4 is 25.3 Å². The number of thiol groups is 2. The van der Waals surface area contributed by atoms with Crippen molar-refractivity contribution in [3.05, 3.63) is 0 Å². The first-order valence-corrected chi connectivity index (χ1v) is 4.13. The van der Waals surface area contributed by atoms with Gasteiger partial charge in [-0.25, -0.2) is 0 Å². The Hall–Kier alpha value is 0.620. The molecule has 4 N–H and O–H groups in total. The van der Waals surface area contributed by atoms with Crippen LogP contribution in [0.4, 0.5) is 0 Å². The molecule has 0 saturated carbocycles. The first kappa shape index (κ1) is 10.6. The molecule has 0 heterocycles. The Bertz CT molecular complexity index is 87.3. The topological polar surface area (TPSA) is 52.0 Å². The lowest BCUT2D eigenvalue weighted by Gasteiger charge is -2.23. The van der Waals surface area contributed by atoms with Crippen molar-refractivity contribution in [1.82, 2.24) is 0 Å². The molecule has 2 atom stereocenters. The van der Waals surface area contributed by atoms with Crippen LogP contribution in [-0.2, 0) is 0 Å². The molecule has 0 aromatic rings. The van der Waals surface area contributed by atoms with Crippen molar-refractivity contribution in [3.63, 3.8) is 0 Å². The molecule has 4 heteroatoms. The zero-order valence-electron chi connectivity index (χ0n) is 6.46. The summed E-state index contributed by atoms with van der Waals surface area (Å²) in [6, 6.07) is 0. The summed E-state index contributed by atoms with van der Waals surface area (Å²) in [6.07, 6.45) is 1.54. The molecule has 0 aliphatic heterocycles. The zero-order chi connectivity index (χ0) is 8.41. The molecule has 10 heavy (non-hydrogen) atoms. The summed E-state index contributed by atoms with van der Waals surface area (Å²) in [5.41, 5.74) is 11.2. The summed E-state index contributed by atoms with van der Waals surface area (Å²) in [5.74, 6) is 0. The van der Waals surface area contributed by atoms with E-state index in [2.05, 4.69) is 25.3 Å². The lowest BCUT2D eigenvalue weighted by molar-refractivity contribution is 0.511. The van der Waals surface area contributed by atoms with E-state index in [0.29, 0.717) is 0 Å². The van der Waals surface area contributed by atoms with Crippen LogP contribution in [0.15, 0.2) is 0 Å². The van der Waals surface area contributed by atoms with Crippen molar-refractivity contribution in [2.75, 3.05) is 0 Å². The summed E-state index contributed by atoms with van der Waals surface area (Å²) < 4.78 is 0. The average molecular weight is 180 g/mol. The van der Waals surface area contributed by atoms with Crippen molar-refractivity contribution < 1.29 is 0 Å². The van der Waals surface area contributed by atoms with E-state index in [1.807, 2.05) is 13.8 Å². The monoisotopic (exact) mass is 180 g/mol.